The van der Waals surface area contributed by atoms with Gasteiger partial charge in [0, 0.05) is 5.33 Å². The summed E-state index contributed by atoms with van der Waals surface area (Å²) in [4.78, 5) is 19.6. The highest BCUT2D eigenvalue weighted by Gasteiger charge is 2.21. The molecule has 0 unspecified atom stereocenters. The standard InChI is InChI=1S/C21H18BrO3P/c22-15-17-7-9-18(10-8-17)20-13-12-19(21(14-20)26(23,24)25)11-6-16-4-2-1-3-5-16/h1-14H,15H2,(H2,23,24,25). The fraction of sp³-hybridized carbons (Fsp3) is 0.0476. The molecule has 2 N–H and O–H groups in total. The second-order valence-corrected chi connectivity index (χ2v) is 8.02. The molecule has 0 saturated carbocycles. The molecule has 0 heterocycles. The zero-order chi connectivity index (χ0) is 18.6. The first kappa shape index (κ1) is 18.8. The van der Waals surface area contributed by atoms with Crippen LogP contribution in [0.2, 0.25) is 0 Å². The van der Waals surface area contributed by atoms with Crippen LogP contribution < -0.4 is 5.30 Å². The van der Waals surface area contributed by atoms with Gasteiger partial charge in [-0.25, -0.2) is 0 Å². The maximum atomic E-state index is 12.0. The van der Waals surface area contributed by atoms with Gasteiger partial charge in [-0.15, -0.1) is 0 Å². The summed E-state index contributed by atoms with van der Waals surface area (Å²) >= 11 is 3.41. The molecule has 0 radical (unpaired) electrons. The van der Waals surface area contributed by atoms with Crippen molar-refractivity contribution in [1.29, 1.82) is 0 Å². The number of hydrogen-bond acceptors (Lipinski definition) is 1. The Hall–Kier alpha value is -1.97. The lowest BCUT2D eigenvalue weighted by Gasteiger charge is -2.11. The topological polar surface area (TPSA) is 57.5 Å². The molecule has 0 amide bonds. The van der Waals surface area contributed by atoms with E-state index in [-0.39, 0.29) is 5.30 Å². The van der Waals surface area contributed by atoms with Crippen molar-refractivity contribution in [3.05, 3.63) is 89.5 Å². The Bertz CT molecular complexity index is 960. The molecule has 3 rings (SSSR count). The molecule has 3 nitrogen and oxygen atoms in total. The van der Waals surface area contributed by atoms with E-state index in [4.69, 9.17) is 0 Å². The number of alkyl halides is 1. The van der Waals surface area contributed by atoms with Gasteiger partial charge in [-0.2, -0.15) is 0 Å². The van der Waals surface area contributed by atoms with Crippen molar-refractivity contribution in [1.82, 2.24) is 0 Å². The normalized spacial score (nSPS) is 11.8. The first-order chi connectivity index (χ1) is 12.5. The molecule has 0 saturated heterocycles. The maximum Gasteiger partial charge on any atom is 0.356 e. The molecule has 3 aromatic rings. The molecule has 0 fully saturated rings. The Kier molecular flexibility index (Phi) is 5.90. The molecule has 0 aliphatic heterocycles. The Morgan fingerprint density at radius 3 is 2.12 bits per heavy atom. The third kappa shape index (κ3) is 4.60. The Labute approximate surface area is 161 Å². The fourth-order valence-corrected chi connectivity index (χ4v) is 3.82. The molecule has 26 heavy (non-hydrogen) atoms. The van der Waals surface area contributed by atoms with Crippen LogP contribution in [0.15, 0.2) is 72.8 Å². The molecule has 0 atom stereocenters. The average Bonchev–Trinajstić information content (AvgIpc) is 2.66. The highest BCUT2D eigenvalue weighted by molar-refractivity contribution is 9.08. The van der Waals surface area contributed by atoms with E-state index >= 15 is 0 Å². The van der Waals surface area contributed by atoms with E-state index in [0.717, 1.165) is 27.6 Å². The smallest absolute Gasteiger partial charge is 0.321 e. The molecule has 3 aromatic carbocycles. The molecule has 0 aliphatic carbocycles. The zero-order valence-electron chi connectivity index (χ0n) is 13.9. The number of halogens is 1. The van der Waals surface area contributed by atoms with Gasteiger partial charge in [-0.3, -0.25) is 4.57 Å². The average molecular weight is 429 g/mol. The van der Waals surface area contributed by atoms with E-state index in [1.807, 2.05) is 66.7 Å². The highest BCUT2D eigenvalue weighted by Crippen LogP contribution is 2.37. The van der Waals surface area contributed by atoms with Crippen LogP contribution >= 0.6 is 23.5 Å². The van der Waals surface area contributed by atoms with Crippen LogP contribution in [0.3, 0.4) is 0 Å². The third-order valence-corrected chi connectivity index (χ3v) is 5.70. The van der Waals surface area contributed by atoms with E-state index in [0.29, 0.717) is 5.56 Å². The number of benzene rings is 3. The van der Waals surface area contributed by atoms with Crippen molar-refractivity contribution in [2.24, 2.45) is 0 Å². The van der Waals surface area contributed by atoms with Gasteiger partial charge in [0.15, 0.2) is 0 Å². The van der Waals surface area contributed by atoms with E-state index in [9.17, 15) is 14.4 Å². The van der Waals surface area contributed by atoms with Gasteiger partial charge in [0.05, 0.1) is 5.30 Å². The van der Waals surface area contributed by atoms with Gasteiger partial charge < -0.3 is 9.79 Å². The Morgan fingerprint density at radius 2 is 1.50 bits per heavy atom. The Morgan fingerprint density at radius 1 is 0.846 bits per heavy atom. The summed E-state index contributed by atoms with van der Waals surface area (Å²) in [5.41, 5.74) is 4.33. The second kappa shape index (κ2) is 8.15. The van der Waals surface area contributed by atoms with Gasteiger partial charge in [-0.1, -0.05) is 94.8 Å². The summed E-state index contributed by atoms with van der Waals surface area (Å²) in [6, 6.07) is 22.7. The van der Waals surface area contributed by atoms with E-state index in [2.05, 4.69) is 15.9 Å². The lowest BCUT2D eigenvalue weighted by atomic mass is 10.0. The molecule has 5 heteroatoms. The van der Waals surface area contributed by atoms with E-state index < -0.39 is 7.60 Å². The molecule has 0 bridgehead atoms. The van der Waals surface area contributed by atoms with E-state index in [1.54, 1.807) is 18.2 Å². The predicted octanol–water partition coefficient (Wildman–Crippen LogP) is 5.22. The van der Waals surface area contributed by atoms with Crippen LogP contribution in [0.5, 0.6) is 0 Å². The van der Waals surface area contributed by atoms with Crippen molar-refractivity contribution in [2.45, 2.75) is 5.33 Å². The van der Waals surface area contributed by atoms with Crippen LogP contribution in [0.25, 0.3) is 23.3 Å². The lowest BCUT2D eigenvalue weighted by molar-refractivity contribution is 0.387. The van der Waals surface area contributed by atoms with Crippen LogP contribution in [0.4, 0.5) is 0 Å². The minimum atomic E-state index is -4.40. The van der Waals surface area contributed by atoms with Crippen molar-refractivity contribution < 1.29 is 14.4 Å². The molecular formula is C21H18BrO3P. The highest BCUT2D eigenvalue weighted by atomic mass is 79.9. The summed E-state index contributed by atoms with van der Waals surface area (Å²) in [5.74, 6) is 0. The minimum absolute atomic E-state index is 0.0340. The SMILES string of the molecule is O=P(O)(O)c1cc(-c2ccc(CBr)cc2)ccc1C=Cc1ccccc1. The zero-order valence-corrected chi connectivity index (χ0v) is 16.4. The summed E-state index contributed by atoms with van der Waals surface area (Å²) in [5, 5.41) is 0.802. The predicted molar refractivity (Wildman–Crippen MR) is 112 cm³/mol. The van der Waals surface area contributed by atoms with Crippen molar-refractivity contribution in [2.75, 3.05) is 0 Å². The van der Waals surface area contributed by atoms with Gasteiger partial charge >= 0.3 is 7.60 Å². The number of hydrogen-bond donors (Lipinski definition) is 2. The minimum Gasteiger partial charge on any atom is -0.321 e. The van der Waals surface area contributed by atoms with Gasteiger partial charge in [0.2, 0.25) is 0 Å². The van der Waals surface area contributed by atoms with Crippen LogP contribution in [0, 0.1) is 0 Å². The number of rotatable bonds is 5. The van der Waals surface area contributed by atoms with Crippen molar-refractivity contribution in [3.8, 4) is 11.1 Å². The van der Waals surface area contributed by atoms with Crippen LogP contribution in [0.1, 0.15) is 16.7 Å². The lowest BCUT2D eigenvalue weighted by Crippen LogP contribution is -2.08. The third-order valence-electron chi connectivity index (χ3n) is 4.04. The van der Waals surface area contributed by atoms with Gasteiger partial charge in [-0.05, 0) is 33.9 Å². The van der Waals surface area contributed by atoms with E-state index in [1.165, 1.54) is 0 Å². The van der Waals surface area contributed by atoms with Gasteiger partial charge in [0.25, 0.3) is 0 Å². The molecular weight excluding hydrogens is 411 g/mol. The molecule has 0 spiro atoms. The summed E-state index contributed by atoms with van der Waals surface area (Å²) < 4.78 is 12.0. The summed E-state index contributed by atoms with van der Waals surface area (Å²) in [6.45, 7) is 0. The van der Waals surface area contributed by atoms with Crippen molar-refractivity contribution in [3.63, 3.8) is 0 Å². The van der Waals surface area contributed by atoms with Crippen LogP contribution in [-0.2, 0) is 9.90 Å². The molecule has 0 aliphatic rings. The van der Waals surface area contributed by atoms with Crippen LogP contribution in [-0.4, -0.2) is 9.79 Å². The maximum absolute atomic E-state index is 12.0. The summed E-state index contributed by atoms with van der Waals surface area (Å²) in [6.07, 6.45) is 3.58. The molecule has 132 valence electrons. The largest absolute Gasteiger partial charge is 0.356 e. The fourth-order valence-electron chi connectivity index (χ4n) is 2.65. The summed E-state index contributed by atoms with van der Waals surface area (Å²) in [7, 11) is -4.40. The quantitative estimate of drug-likeness (QED) is 0.332. The second-order valence-electron chi connectivity index (χ2n) is 5.89. The Balaban J connectivity index is 2.00. The van der Waals surface area contributed by atoms with Gasteiger partial charge in [0.1, 0.15) is 0 Å². The molecule has 0 aromatic heterocycles. The monoisotopic (exact) mass is 428 g/mol. The first-order valence-electron chi connectivity index (χ1n) is 8.06. The van der Waals surface area contributed by atoms with Crippen molar-refractivity contribution >= 4 is 41.0 Å². The first-order valence-corrected chi connectivity index (χ1v) is 10.8.